The fourth-order valence-electron chi connectivity index (χ4n) is 2.07. The van der Waals surface area contributed by atoms with Crippen molar-refractivity contribution in [2.24, 2.45) is 7.05 Å². The molecule has 2 rings (SSSR count). The fraction of sp³-hybridized carbons (Fsp3) is 0.462. The van der Waals surface area contributed by atoms with Crippen LogP contribution < -0.4 is 5.32 Å². The predicted octanol–water partition coefficient (Wildman–Crippen LogP) is 2.53. The Morgan fingerprint density at radius 1 is 1.33 bits per heavy atom. The zero-order valence-electron chi connectivity index (χ0n) is 11.8. The van der Waals surface area contributed by atoms with E-state index < -0.39 is 17.7 Å². The largest absolute Gasteiger partial charge is 0.309 e. The first kappa shape index (κ1) is 16.0. The van der Waals surface area contributed by atoms with Gasteiger partial charge in [-0.15, -0.1) is 10.2 Å². The number of benzene rings is 1. The number of rotatable bonds is 6. The van der Waals surface area contributed by atoms with Crippen LogP contribution in [0.4, 0.5) is 8.78 Å². The first-order valence-corrected chi connectivity index (χ1v) is 7.41. The van der Waals surface area contributed by atoms with Gasteiger partial charge in [-0.05, 0) is 30.3 Å². The molecule has 1 aromatic carbocycles. The number of tetrazole rings is 1. The van der Waals surface area contributed by atoms with Crippen LogP contribution >= 0.6 is 15.9 Å². The summed E-state index contributed by atoms with van der Waals surface area (Å²) in [6, 6.07) is 1.97. The molecule has 0 amide bonds. The van der Waals surface area contributed by atoms with Gasteiger partial charge in [-0.2, -0.15) is 4.80 Å². The SMILES string of the molecule is CCCNC(Cc1nnn(C)n1)c1c(F)cc(Br)cc1F. The molecule has 0 aliphatic rings. The van der Waals surface area contributed by atoms with Crippen LogP contribution in [-0.2, 0) is 13.5 Å². The lowest BCUT2D eigenvalue weighted by molar-refractivity contribution is 0.457. The number of aromatic nitrogens is 4. The third-order valence-corrected chi connectivity index (χ3v) is 3.43. The molecular formula is C13H16BrF2N5. The maximum absolute atomic E-state index is 14.1. The van der Waals surface area contributed by atoms with Crippen molar-refractivity contribution in [3.05, 3.63) is 39.6 Å². The van der Waals surface area contributed by atoms with E-state index in [1.807, 2.05) is 6.92 Å². The Hall–Kier alpha value is -1.41. The lowest BCUT2D eigenvalue weighted by Crippen LogP contribution is -2.26. The van der Waals surface area contributed by atoms with E-state index in [-0.39, 0.29) is 12.0 Å². The molecule has 0 aliphatic heterocycles. The van der Waals surface area contributed by atoms with Crippen molar-refractivity contribution in [3.63, 3.8) is 0 Å². The van der Waals surface area contributed by atoms with Gasteiger partial charge >= 0.3 is 0 Å². The minimum atomic E-state index is -0.598. The molecule has 0 spiro atoms. The van der Waals surface area contributed by atoms with E-state index in [4.69, 9.17) is 0 Å². The second-order valence-electron chi connectivity index (χ2n) is 4.69. The molecule has 114 valence electrons. The summed E-state index contributed by atoms with van der Waals surface area (Å²) in [7, 11) is 1.64. The molecule has 1 atom stereocenters. The third-order valence-electron chi connectivity index (χ3n) is 2.97. The number of aryl methyl sites for hydroxylation is 1. The van der Waals surface area contributed by atoms with Crippen LogP contribution in [0.15, 0.2) is 16.6 Å². The average molecular weight is 360 g/mol. The number of nitrogens with one attached hydrogen (secondary N) is 1. The molecule has 0 fully saturated rings. The average Bonchev–Trinajstić information content (AvgIpc) is 2.80. The van der Waals surface area contributed by atoms with Crippen molar-refractivity contribution in [1.82, 2.24) is 25.5 Å². The molecule has 8 heteroatoms. The first-order valence-electron chi connectivity index (χ1n) is 6.62. The molecule has 1 aromatic heterocycles. The van der Waals surface area contributed by atoms with Crippen molar-refractivity contribution in [2.75, 3.05) is 6.54 Å². The van der Waals surface area contributed by atoms with Gasteiger partial charge in [0.05, 0.1) is 7.05 Å². The zero-order valence-corrected chi connectivity index (χ0v) is 13.4. The predicted molar refractivity (Wildman–Crippen MR) is 77.6 cm³/mol. The van der Waals surface area contributed by atoms with Crippen LogP contribution in [0.3, 0.4) is 0 Å². The van der Waals surface area contributed by atoms with E-state index in [0.717, 1.165) is 6.42 Å². The Labute approximate surface area is 129 Å². The summed E-state index contributed by atoms with van der Waals surface area (Å²) in [6.07, 6.45) is 1.12. The van der Waals surface area contributed by atoms with Gasteiger partial charge in [0.15, 0.2) is 5.82 Å². The minimum absolute atomic E-state index is 0.000830. The minimum Gasteiger partial charge on any atom is -0.309 e. The summed E-state index contributed by atoms with van der Waals surface area (Å²) >= 11 is 3.08. The van der Waals surface area contributed by atoms with Gasteiger partial charge in [-0.3, -0.25) is 0 Å². The highest BCUT2D eigenvalue weighted by Crippen LogP contribution is 2.26. The van der Waals surface area contributed by atoms with E-state index in [0.29, 0.717) is 16.8 Å². The molecule has 21 heavy (non-hydrogen) atoms. The Morgan fingerprint density at radius 3 is 2.52 bits per heavy atom. The lowest BCUT2D eigenvalue weighted by atomic mass is 10.0. The standard InChI is InChI=1S/C13H16BrF2N5/c1-3-4-17-11(7-12-18-20-21(2)19-12)13-9(15)5-8(14)6-10(13)16/h5-6,11,17H,3-4,7H2,1-2H3. The number of nitrogens with zero attached hydrogens (tertiary/aromatic N) is 4. The van der Waals surface area contributed by atoms with Gasteiger partial charge in [0.1, 0.15) is 11.6 Å². The maximum Gasteiger partial charge on any atom is 0.176 e. The number of halogens is 3. The van der Waals surface area contributed by atoms with Gasteiger partial charge < -0.3 is 5.32 Å². The Morgan fingerprint density at radius 2 is 2.00 bits per heavy atom. The fourth-order valence-corrected chi connectivity index (χ4v) is 2.47. The Balaban J connectivity index is 2.31. The van der Waals surface area contributed by atoms with Crippen molar-refractivity contribution < 1.29 is 8.78 Å². The highest BCUT2D eigenvalue weighted by Gasteiger charge is 2.22. The Bertz CT molecular complexity index is 593. The molecule has 0 saturated heterocycles. The smallest absolute Gasteiger partial charge is 0.176 e. The van der Waals surface area contributed by atoms with Crippen LogP contribution in [0.1, 0.15) is 30.8 Å². The summed E-state index contributed by atoms with van der Waals surface area (Å²) < 4.78 is 28.6. The van der Waals surface area contributed by atoms with Gasteiger partial charge in [0.25, 0.3) is 0 Å². The quantitative estimate of drug-likeness (QED) is 0.860. The van der Waals surface area contributed by atoms with Crippen LogP contribution in [0.5, 0.6) is 0 Å². The van der Waals surface area contributed by atoms with Crippen LogP contribution in [0.2, 0.25) is 0 Å². The van der Waals surface area contributed by atoms with Gasteiger partial charge in [0.2, 0.25) is 0 Å². The molecule has 0 saturated carbocycles. The third kappa shape index (κ3) is 4.04. The Kier molecular flexibility index (Phi) is 5.35. The maximum atomic E-state index is 14.1. The van der Waals surface area contributed by atoms with Gasteiger partial charge in [-0.1, -0.05) is 22.9 Å². The molecule has 1 N–H and O–H groups in total. The summed E-state index contributed by atoms with van der Waals surface area (Å²) in [5.74, 6) is -0.758. The summed E-state index contributed by atoms with van der Waals surface area (Å²) in [5.41, 5.74) is -0.000830. The second-order valence-corrected chi connectivity index (χ2v) is 5.60. The highest BCUT2D eigenvalue weighted by molar-refractivity contribution is 9.10. The van der Waals surface area contributed by atoms with Crippen molar-refractivity contribution in [1.29, 1.82) is 0 Å². The first-order chi connectivity index (χ1) is 10.0. The molecular weight excluding hydrogens is 344 g/mol. The van der Waals surface area contributed by atoms with E-state index in [1.54, 1.807) is 7.05 Å². The molecule has 0 radical (unpaired) electrons. The van der Waals surface area contributed by atoms with Gasteiger partial charge in [-0.25, -0.2) is 8.78 Å². The molecule has 2 aromatic rings. The van der Waals surface area contributed by atoms with Crippen LogP contribution in [0.25, 0.3) is 0 Å². The van der Waals surface area contributed by atoms with Crippen molar-refractivity contribution >= 4 is 15.9 Å². The molecule has 1 heterocycles. The molecule has 0 aliphatic carbocycles. The van der Waals surface area contributed by atoms with E-state index in [9.17, 15) is 8.78 Å². The van der Waals surface area contributed by atoms with Crippen LogP contribution in [-0.4, -0.2) is 26.8 Å². The van der Waals surface area contributed by atoms with E-state index >= 15 is 0 Å². The van der Waals surface area contributed by atoms with Crippen molar-refractivity contribution in [3.8, 4) is 0 Å². The van der Waals surface area contributed by atoms with Crippen LogP contribution in [0, 0.1) is 11.6 Å². The van der Waals surface area contributed by atoms with E-state index in [2.05, 4.69) is 36.7 Å². The summed E-state index contributed by atoms with van der Waals surface area (Å²) in [4.78, 5) is 1.32. The second kappa shape index (κ2) is 7.04. The molecule has 1 unspecified atom stereocenters. The monoisotopic (exact) mass is 359 g/mol. The van der Waals surface area contributed by atoms with E-state index in [1.165, 1.54) is 16.9 Å². The normalized spacial score (nSPS) is 12.6. The molecule has 5 nitrogen and oxygen atoms in total. The molecule has 0 bridgehead atoms. The van der Waals surface area contributed by atoms with Gasteiger partial charge in [0, 0.05) is 22.5 Å². The summed E-state index contributed by atoms with van der Waals surface area (Å²) in [6.45, 7) is 2.62. The number of hydrogen-bond acceptors (Lipinski definition) is 4. The zero-order chi connectivity index (χ0) is 15.4. The topological polar surface area (TPSA) is 55.6 Å². The summed E-state index contributed by atoms with van der Waals surface area (Å²) in [5, 5.41) is 14.8. The highest BCUT2D eigenvalue weighted by atomic mass is 79.9. The van der Waals surface area contributed by atoms with Crippen molar-refractivity contribution in [2.45, 2.75) is 25.8 Å². The lowest BCUT2D eigenvalue weighted by Gasteiger charge is -2.19. The number of hydrogen-bond donors (Lipinski definition) is 1.